The third-order valence-electron chi connectivity index (χ3n) is 3.50. The minimum Gasteiger partial charge on any atom is -0.487 e. The van der Waals surface area contributed by atoms with E-state index in [2.05, 4.69) is 4.90 Å². The molecule has 1 aliphatic heterocycles. The van der Waals surface area contributed by atoms with Crippen LogP contribution in [0.4, 0.5) is 5.69 Å². The first-order valence-electron chi connectivity index (χ1n) is 6.92. The summed E-state index contributed by atoms with van der Waals surface area (Å²) in [6, 6.07) is 4.45. The number of likely N-dealkylation sites (N-methyl/N-ethyl adjacent to an activating group) is 1. The molecule has 1 aliphatic rings. The van der Waals surface area contributed by atoms with Crippen LogP contribution >= 0.6 is 0 Å². The molecule has 0 radical (unpaired) electrons. The highest BCUT2D eigenvalue weighted by molar-refractivity contribution is 5.98. The Bertz CT molecular complexity index is 539. The number of nitro groups is 1. The Kier molecular flexibility index (Phi) is 4.74. The van der Waals surface area contributed by atoms with Crippen molar-refractivity contribution in [2.24, 2.45) is 0 Å². The summed E-state index contributed by atoms with van der Waals surface area (Å²) in [6.07, 6.45) is 0. The van der Waals surface area contributed by atoms with Gasteiger partial charge in [-0.05, 0) is 20.0 Å². The van der Waals surface area contributed by atoms with Crippen LogP contribution in [0.5, 0.6) is 5.75 Å². The fourth-order valence-electron chi connectivity index (χ4n) is 2.31. The van der Waals surface area contributed by atoms with E-state index in [4.69, 9.17) is 4.74 Å². The zero-order chi connectivity index (χ0) is 15.4. The largest absolute Gasteiger partial charge is 0.487 e. The van der Waals surface area contributed by atoms with Gasteiger partial charge in [0.1, 0.15) is 0 Å². The fraction of sp³-hybridized carbons (Fsp3) is 0.500. The molecule has 7 heteroatoms. The maximum absolute atomic E-state index is 12.6. The number of amides is 1. The Balaban J connectivity index is 2.31. The zero-order valence-electron chi connectivity index (χ0n) is 12.2. The quantitative estimate of drug-likeness (QED) is 0.619. The van der Waals surface area contributed by atoms with Crippen molar-refractivity contribution in [3.63, 3.8) is 0 Å². The fourth-order valence-corrected chi connectivity index (χ4v) is 2.31. The molecular weight excluding hydrogens is 274 g/mol. The maximum Gasteiger partial charge on any atom is 0.311 e. The second kappa shape index (κ2) is 6.53. The molecule has 0 aromatic heterocycles. The number of hydrogen-bond acceptors (Lipinski definition) is 5. The van der Waals surface area contributed by atoms with E-state index in [1.165, 1.54) is 12.1 Å². The van der Waals surface area contributed by atoms with Crippen LogP contribution in [0.3, 0.4) is 0 Å². The molecule has 7 nitrogen and oxygen atoms in total. The molecule has 1 aromatic carbocycles. The van der Waals surface area contributed by atoms with Gasteiger partial charge >= 0.3 is 5.69 Å². The molecule has 0 unspecified atom stereocenters. The van der Waals surface area contributed by atoms with Crippen LogP contribution in [0.25, 0.3) is 0 Å². The molecule has 1 heterocycles. The summed E-state index contributed by atoms with van der Waals surface area (Å²) in [5.41, 5.74) is 0.0902. The average molecular weight is 293 g/mol. The highest BCUT2D eigenvalue weighted by Gasteiger charge is 2.27. The van der Waals surface area contributed by atoms with Crippen LogP contribution in [0.15, 0.2) is 18.2 Å². The van der Waals surface area contributed by atoms with Gasteiger partial charge in [-0.15, -0.1) is 0 Å². The monoisotopic (exact) mass is 293 g/mol. The molecule has 0 aliphatic carbocycles. The van der Waals surface area contributed by atoms with Crippen molar-refractivity contribution in [1.29, 1.82) is 0 Å². The topological polar surface area (TPSA) is 75.9 Å². The van der Waals surface area contributed by atoms with Crippen LogP contribution in [0, 0.1) is 10.1 Å². The molecule has 1 saturated heterocycles. The molecule has 0 spiro atoms. The van der Waals surface area contributed by atoms with Gasteiger partial charge < -0.3 is 14.5 Å². The van der Waals surface area contributed by atoms with Gasteiger partial charge in [0.05, 0.1) is 17.1 Å². The van der Waals surface area contributed by atoms with Crippen molar-refractivity contribution in [3.8, 4) is 5.75 Å². The number of rotatable bonds is 4. The van der Waals surface area contributed by atoms with Crippen molar-refractivity contribution in [1.82, 2.24) is 9.80 Å². The Morgan fingerprint density at radius 3 is 2.57 bits per heavy atom. The number of nitro benzene ring substituents is 1. The van der Waals surface area contributed by atoms with Gasteiger partial charge in [0.25, 0.3) is 5.91 Å². The van der Waals surface area contributed by atoms with Gasteiger partial charge in [-0.3, -0.25) is 14.9 Å². The molecule has 1 aromatic rings. The summed E-state index contributed by atoms with van der Waals surface area (Å²) in [6.45, 7) is 4.83. The summed E-state index contributed by atoms with van der Waals surface area (Å²) < 4.78 is 5.36. The van der Waals surface area contributed by atoms with E-state index in [1.54, 1.807) is 17.9 Å². The number of benzene rings is 1. The summed E-state index contributed by atoms with van der Waals surface area (Å²) >= 11 is 0. The van der Waals surface area contributed by atoms with E-state index in [0.717, 1.165) is 13.1 Å². The van der Waals surface area contributed by atoms with Crippen molar-refractivity contribution >= 4 is 11.6 Å². The first kappa shape index (κ1) is 15.2. The summed E-state index contributed by atoms with van der Waals surface area (Å²) in [7, 11) is 2.00. The number of ether oxygens (including phenoxy) is 1. The Morgan fingerprint density at radius 1 is 1.33 bits per heavy atom. The van der Waals surface area contributed by atoms with Gasteiger partial charge in [0, 0.05) is 32.2 Å². The predicted molar refractivity (Wildman–Crippen MR) is 77.7 cm³/mol. The van der Waals surface area contributed by atoms with Crippen LogP contribution in [-0.2, 0) is 0 Å². The predicted octanol–water partition coefficient (Wildman–Crippen LogP) is 1.38. The SMILES string of the molecule is CCOc1c(C(=O)N2CCN(C)CC2)cccc1[N+](=O)[O-]. The minimum absolute atomic E-state index is 0.0638. The van der Waals surface area contributed by atoms with Gasteiger partial charge in [0.2, 0.25) is 5.75 Å². The number of para-hydroxylation sites is 1. The lowest BCUT2D eigenvalue weighted by molar-refractivity contribution is -0.385. The Morgan fingerprint density at radius 2 is 2.00 bits per heavy atom. The third-order valence-corrected chi connectivity index (χ3v) is 3.50. The standard InChI is InChI=1S/C14H19N3O4/c1-3-21-13-11(5-4-6-12(13)17(19)20)14(18)16-9-7-15(2)8-10-16/h4-6H,3,7-10H2,1-2H3. The van der Waals surface area contributed by atoms with E-state index in [1.807, 2.05) is 7.05 Å². The van der Waals surface area contributed by atoms with Gasteiger partial charge in [0.15, 0.2) is 0 Å². The summed E-state index contributed by atoms with van der Waals surface area (Å²) in [5, 5.41) is 11.1. The number of nitrogens with zero attached hydrogens (tertiary/aromatic N) is 3. The van der Waals surface area contributed by atoms with Gasteiger partial charge in [-0.1, -0.05) is 6.07 Å². The van der Waals surface area contributed by atoms with E-state index in [-0.39, 0.29) is 29.5 Å². The molecule has 0 atom stereocenters. The molecule has 1 amide bonds. The molecule has 1 fully saturated rings. The molecule has 114 valence electrons. The normalized spacial score (nSPS) is 15.8. The first-order chi connectivity index (χ1) is 10.0. The lowest BCUT2D eigenvalue weighted by Crippen LogP contribution is -2.47. The molecule has 2 rings (SSSR count). The van der Waals surface area contributed by atoms with E-state index in [9.17, 15) is 14.9 Å². The summed E-state index contributed by atoms with van der Waals surface area (Å²) in [5.74, 6) is -0.149. The molecule has 0 saturated carbocycles. The van der Waals surface area contributed by atoms with Crippen molar-refractivity contribution < 1.29 is 14.5 Å². The smallest absolute Gasteiger partial charge is 0.311 e. The molecule has 0 N–H and O–H groups in total. The van der Waals surface area contributed by atoms with Crippen LogP contribution in [-0.4, -0.2) is 60.5 Å². The van der Waals surface area contributed by atoms with E-state index < -0.39 is 4.92 Å². The minimum atomic E-state index is -0.522. The van der Waals surface area contributed by atoms with Crippen LogP contribution in [0.1, 0.15) is 17.3 Å². The van der Waals surface area contributed by atoms with Crippen LogP contribution < -0.4 is 4.74 Å². The Hall–Kier alpha value is -2.15. The van der Waals surface area contributed by atoms with E-state index in [0.29, 0.717) is 13.1 Å². The number of piperazine rings is 1. The number of hydrogen-bond donors (Lipinski definition) is 0. The number of carbonyl (C=O) groups excluding carboxylic acids is 1. The summed E-state index contributed by atoms with van der Waals surface area (Å²) in [4.78, 5) is 27.0. The number of carbonyl (C=O) groups is 1. The first-order valence-corrected chi connectivity index (χ1v) is 6.92. The lowest BCUT2D eigenvalue weighted by atomic mass is 10.1. The highest BCUT2D eigenvalue weighted by Crippen LogP contribution is 2.32. The maximum atomic E-state index is 12.6. The van der Waals surface area contributed by atoms with Crippen molar-refractivity contribution in [2.75, 3.05) is 39.8 Å². The molecule has 21 heavy (non-hydrogen) atoms. The lowest BCUT2D eigenvalue weighted by Gasteiger charge is -2.32. The van der Waals surface area contributed by atoms with Crippen molar-refractivity contribution in [2.45, 2.75) is 6.92 Å². The van der Waals surface area contributed by atoms with E-state index >= 15 is 0 Å². The zero-order valence-corrected chi connectivity index (χ0v) is 12.2. The van der Waals surface area contributed by atoms with Gasteiger partial charge in [-0.25, -0.2) is 0 Å². The Labute approximate surface area is 123 Å². The third kappa shape index (κ3) is 3.30. The molecular formula is C14H19N3O4. The second-order valence-electron chi connectivity index (χ2n) is 4.94. The van der Waals surface area contributed by atoms with Crippen molar-refractivity contribution in [3.05, 3.63) is 33.9 Å². The molecule has 0 bridgehead atoms. The average Bonchev–Trinajstić information content (AvgIpc) is 2.47. The second-order valence-corrected chi connectivity index (χ2v) is 4.94. The highest BCUT2D eigenvalue weighted by atomic mass is 16.6. The van der Waals surface area contributed by atoms with Crippen LogP contribution in [0.2, 0.25) is 0 Å². The van der Waals surface area contributed by atoms with Gasteiger partial charge in [-0.2, -0.15) is 0 Å².